The minimum atomic E-state index is -2.74. The molecular weight excluding hydrogens is 376 g/mol. The van der Waals surface area contributed by atoms with Crippen LogP contribution in [0, 0.1) is 5.41 Å². The molecule has 1 saturated carbocycles. The number of nitrogens with zero attached hydrogens (tertiary/aromatic N) is 3. The quantitative estimate of drug-likeness (QED) is 0.647. The molecule has 0 spiro atoms. The van der Waals surface area contributed by atoms with Gasteiger partial charge in [-0.1, -0.05) is 12.1 Å². The van der Waals surface area contributed by atoms with E-state index in [0.717, 1.165) is 47.5 Å². The second kappa shape index (κ2) is 6.59. The van der Waals surface area contributed by atoms with Crippen LogP contribution in [0.1, 0.15) is 18.7 Å². The van der Waals surface area contributed by atoms with Gasteiger partial charge in [-0.2, -0.15) is 0 Å². The van der Waals surface area contributed by atoms with Gasteiger partial charge in [-0.15, -0.1) is 0 Å². The van der Waals surface area contributed by atoms with Crippen molar-refractivity contribution in [3.05, 3.63) is 42.5 Å². The highest BCUT2D eigenvalue weighted by atomic mass is 19.3. The lowest BCUT2D eigenvalue weighted by Crippen LogP contribution is -2.51. The molecule has 8 heteroatoms. The highest BCUT2D eigenvalue weighted by molar-refractivity contribution is 5.88. The molecule has 0 radical (unpaired) electrons. The second-order valence-corrected chi connectivity index (χ2v) is 8.06. The van der Waals surface area contributed by atoms with E-state index in [1.54, 1.807) is 6.20 Å². The summed E-state index contributed by atoms with van der Waals surface area (Å²) in [6, 6.07) is 8.05. The van der Waals surface area contributed by atoms with Crippen LogP contribution in [0.2, 0.25) is 0 Å². The van der Waals surface area contributed by atoms with E-state index in [2.05, 4.69) is 37.3 Å². The first-order valence-electron chi connectivity index (χ1n) is 9.70. The summed E-state index contributed by atoms with van der Waals surface area (Å²) < 4.78 is 28.7. The molecule has 1 fully saturated rings. The number of imidazole rings is 1. The van der Waals surface area contributed by atoms with E-state index in [1.165, 1.54) is 0 Å². The van der Waals surface area contributed by atoms with Gasteiger partial charge in [-0.05, 0) is 17.5 Å². The van der Waals surface area contributed by atoms with Crippen molar-refractivity contribution in [1.29, 1.82) is 0 Å². The number of hydrogen-bond donors (Lipinski definition) is 2. The van der Waals surface area contributed by atoms with Crippen LogP contribution < -0.4 is 10.6 Å². The van der Waals surface area contributed by atoms with Crippen LogP contribution in [0.25, 0.3) is 22.0 Å². The Labute approximate surface area is 166 Å². The molecule has 0 unspecified atom stereocenters. The Bertz CT molecular complexity index is 1090. The molecule has 1 aliphatic heterocycles. The number of rotatable bonds is 5. The van der Waals surface area contributed by atoms with Gasteiger partial charge in [0.05, 0.1) is 23.9 Å². The lowest BCUT2D eigenvalue weighted by Gasteiger charge is -2.43. The van der Waals surface area contributed by atoms with E-state index in [1.807, 2.05) is 18.3 Å². The molecule has 2 N–H and O–H groups in total. The first-order chi connectivity index (χ1) is 14.0. The number of carbonyl (C=O) groups is 1. The monoisotopic (exact) mass is 397 g/mol. The van der Waals surface area contributed by atoms with E-state index in [4.69, 9.17) is 0 Å². The Kier molecular flexibility index (Phi) is 4.13. The fourth-order valence-electron chi connectivity index (χ4n) is 4.32. The predicted octanol–water partition coefficient (Wildman–Crippen LogP) is 3.23. The summed E-state index contributed by atoms with van der Waals surface area (Å²) in [6.07, 6.45) is 3.48. The van der Waals surface area contributed by atoms with E-state index in [-0.39, 0.29) is 6.54 Å². The standard InChI is InChI=1S/C21H21F2N5O/c22-21(23)10-20(11-21,13-29)12-27-18-6-16-5-14(1-2-15(16)7-25-18)17-8-26-19-9-24-3-4-28(17)19/h1-2,5-8,13,24H,3-4,9-12H2,(H,25,27). The normalized spacial score (nSPS) is 19.4. The molecule has 5 rings (SSSR count). The van der Waals surface area contributed by atoms with Crippen molar-refractivity contribution in [2.24, 2.45) is 5.41 Å². The maximum atomic E-state index is 13.2. The Hall–Kier alpha value is -2.87. The fraction of sp³-hybridized carbons (Fsp3) is 0.381. The molecule has 0 saturated heterocycles. The number of alkyl halides is 2. The molecule has 2 aliphatic rings. The topological polar surface area (TPSA) is 71.8 Å². The van der Waals surface area contributed by atoms with Crippen LogP contribution >= 0.6 is 0 Å². The SMILES string of the molecule is O=CC1(CNc2cc3cc(-c4cnc5n4CCNC5)ccc3cn2)CC(F)(F)C1. The van der Waals surface area contributed by atoms with Crippen molar-refractivity contribution < 1.29 is 13.6 Å². The summed E-state index contributed by atoms with van der Waals surface area (Å²) in [4.78, 5) is 20.2. The molecule has 2 aromatic heterocycles. The van der Waals surface area contributed by atoms with Crippen molar-refractivity contribution in [3.63, 3.8) is 0 Å². The number of aromatic nitrogens is 3. The van der Waals surface area contributed by atoms with Gasteiger partial charge >= 0.3 is 0 Å². The van der Waals surface area contributed by atoms with Gasteiger partial charge in [0.1, 0.15) is 17.9 Å². The van der Waals surface area contributed by atoms with Gasteiger partial charge in [0.2, 0.25) is 5.92 Å². The summed E-state index contributed by atoms with van der Waals surface area (Å²) in [6.45, 7) is 2.72. The molecular formula is C21H21F2N5O. The highest BCUT2D eigenvalue weighted by Crippen LogP contribution is 2.50. The van der Waals surface area contributed by atoms with Crippen molar-refractivity contribution in [1.82, 2.24) is 19.9 Å². The predicted molar refractivity (Wildman–Crippen MR) is 106 cm³/mol. The maximum Gasteiger partial charge on any atom is 0.250 e. The Morgan fingerprint density at radius 3 is 2.83 bits per heavy atom. The lowest BCUT2D eigenvalue weighted by molar-refractivity contribution is -0.163. The van der Waals surface area contributed by atoms with Crippen molar-refractivity contribution >= 4 is 22.9 Å². The number of hydrogen-bond acceptors (Lipinski definition) is 5. The van der Waals surface area contributed by atoms with Crippen LogP contribution in [0.15, 0.2) is 36.7 Å². The highest BCUT2D eigenvalue weighted by Gasteiger charge is 2.56. The van der Waals surface area contributed by atoms with Crippen LogP contribution in [0.3, 0.4) is 0 Å². The average Bonchev–Trinajstić information content (AvgIpc) is 3.14. The maximum absolute atomic E-state index is 13.2. The van der Waals surface area contributed by atoms with Gasteiger partial charge < -0.3 is 20.0 Å². The van der Waals surface area contributed by atoms with E-state index < -0.39 is 24.2 Å². The molecule has 150 valence electrons. The van der Waals surface area contributed by atoms with Gasteiger partial charge in [0.15, 0.2) is 0 Å². The Morgan fingerprint density at radius 2 is 2.03 bits per heavy atom. The van der Waals surface area contributed by atoms with E-state index in [9.17, 15) is 13.6 Å². The van der Waals surface area contributed by atoms with Crippen molar-refractivity contribution in [3.8, 4) is 11.3 Å². The summed E-state index contributed by atoms with van der Waals surface area (Å²) in [7, 11) is 0. The summed E-state index contributed by atoms with van der Waals surface area (Å²) >= 11 is 0. The third-order valence-electron chi connectivity index (χ3n) is 5.84. The first-order valence-corrected chi connectivity index (χ1v) is 9.70. The largest absolute Gasteiger partial charge is 0.369 e. The number of pyridine rings is 1. The molecule has 1 aliphatic carbocycles. The summed E-state index contributed by atoms with van der Waals surface area (Å²) in [5, 5.41) is 8.36. The first kappa shape index (κ1) is 18.2. The number of halogens is 2. The van der Waals surface area contributed by atoms with Crippen LogP contribution in [-0.2, 0) is 17.9 Å². The lowest BCUT2D eigenvalue weighted by atomic mass is 9.67. The number of aldehydes is 1. The van der Waals surface area contributed by atoms with Gasteiger partial charge in [-0.3, -0.25) is 0 Å². The Balaban J connectivity index is 1.40. The van der Waals surface area contributed by atoms with Gasteiger partial charge in [0, 0.05) is 49.6 Å². The minimum absolute atomic E-state index is 0.160. The summed E-state index contributed by atoms with van der Waals surface area (Å²) in [5.74, 6) is -1.14. The smallest absolute Gasteiger partial charge is 0.250 e. The number of benzene rings is 1. The van der Waals surface area contributed by atoms with Gasteiger partial charge in [-0.25, -0.2) is 18.7 Å². The zero-order chi connectivity index (χ0) is 20.1. The number of anilines is 1. The minimum Gasteiger partial charge on any atom is -0.369 e. The van der Waals surface area contributed by atoms with Crippen LogP contribution in [0.4, 0.5) is 14.6 Å². The van der Waals surface area contributed by atoms with E-state index in [0.29, 0.717) is 12.1 Å². The number of nitrogens with one attached hydrogen (secondary N) is 2. The molecule has 0 bridgehead atoms. The third kappa shape index (κ3) is 3.27. The Morgan fingerprint density at radius 1 is 1.17 bits per heavy atom. The molecule has 6 nitrogen and oxygen atoms in total. The third-order valence-corrected chi connectivity index (χ3v) is 5.84. The van der Waals surface area contributed by atoms with E-state index >= 15 is 0 Å². The molecule has 0 atom stereocenters. The van der Waals surface area contributed by atoms with Crippen molar-refractivity contribution in [2.45, 2.75) is 31.9 Å². The molecule has 3 aromatic rings. The molecule has 1 aromatic carbocycles. The van der Waals surface area contributed by atoms with Crippen LogP contribution in [0.5, 0.6) is 0 Å². The average molecular weight is 397 g/mol. The second-order valence-electron chi connectivity index (χ2n) is 8.06. The van der Waals surface area contributed by atoms with Gasteiger partial charge in [0.25, 0.3) is 0 Å². The zero-order valence-corrected chi connectivity index (χ0v) is 15.8. The fourth-order valence-corrected chi connectivity index (χ4v) is 4.32. The van der Waals surface area contributed by atoms with Crippen molar-refractivity contribution in [2.75, 3.05) is 18.4 Å². The molecule has 29 heavy (non-hydrogen) atoms. The van der Waals surface area contributed by atoms with Crippen LogP contribution in [-0.4, -0.2) is 39.8 Å². The molecule has 3 heterocycles. The summed E-state index contributed by atoms with van der Waals surface area (Å²) in [5.41, 5.74) is 1.14. The molecule has 0 amide bonds. The zero-order valence-electron chi connectivity index (χ0n) is 15.8. The number of carbonyl (C=O) groups excluding carboxylic acids is 1. The number of fused-ring (bicyclic) bond motifs is 2.